The molecular weight excluding hydrogens is 570 g/mol. The molecule has 2 N–H and O–H groups in total. The van der Waals surface area contributed by atoms with Gasteiger partial charge in [-0.2, -0.15) is 5.10 Å². The van der Waals surface area contributed by atoms with Crippen LogP contribution in [0.5, 0.6) is 5.75 Å². The summed E-state index contributed by atoms with van der Waals surface area (Å²) < 4.78 is 0.630. The number of anilines is 1. The van der Waals surface area contributed by atoms with Crippen molar-refractivity contribution >= 4 is 45.6 Å². The molecule has 196 valence electrons. The van der Waals surface area contributed by atoms with E-state index in [2.05, 4.69) is 26.5 Å². The Morgan fingerprint density at radius 2 is 1.50 bits per heavy atom. The maximum Gasteiger partial charge on any atom is 0.275 e. The van der Waals surface area contributed by atoms with Crippen molar-refractivity contribution in [2.75, 3.05) is 4.90 Å². The van der Waals surface area contributed by atoms with E-state index in [-0.39, 0.29) is 29.0 Å². The number of hydrogen-bond donors (Lipinski definition) is 2. The summed E-state index contributed by atoms with van der Waals surface area (Å²) in [6.07, 6.45) is 1.60. The summed E-state index contributed by atoms with van der Waals surface area (Å²) >= 11 is 3.32. The highest BCUT2D eigenvalue weighted by Crippen LogP contribution is 2.63. The summed E-state index contributed by atoms with van der Waals surface area (Å²) in [6.45, 7) is 0. The molecule has 0 aromatic heterocycles. The summed E-state index contributed by atoms with van der Waals surface area (Å²) in [5.41, 5.74) is 5.75. The number of nitrogens with one attached hydrogen (secondary N) is 1. The van der Waals surface area contributed by atoms with E-state index in [4.69, 9.17) is 0 Å². The first-order valence-corrected chi connectivity index (χ1v) is 13.7. The largest absolute Gasteiger partial charge is 0.507 e. The Morgan fingerprint density at radius 3 is 2.17 bits per heavy atom. The van der Waals surface area contributed by atoms with Gasteiger partial charge in [-0.15, -0.1) is 0 Å². The number of carbonyl (C=O) groups excluding carboxylic acids is 3. The Kier molecular flexibility index (Phi) is 5.50. The van der Waals surface area contributed by atoms with Crippen LogP contribution >= 0.6 is 15.9 Å². The molecule has 1 saturated heterocycles. The molecule has 2 atom stereocenters. The maximum absolute atomic E-state index is 14.3. The normalized spacial score (nSPS) is 24.1. The van der Waals surface area contributed by atoms with E-state index in [0.29, 0.717) is 10.2 Å². The Balaban J connectivity index is 1.40. The van der Waals surface area contributed by atoms with Gasteiger partial charge in [0.2, 0.25) is 11.8 Å². The van der Waals surface area contributed by atoms with Crippen LogP contribution in [0, 0.1) is 11.8 Å². The van der Waals surface area contributed by atoms with E-state index in [1.54, 1.807) is 36.5 Å². The minimum absolute atomic E-state index is 0.0532. The predicted molar refractivity (Wildman–Crippen MR) is 153 cm³/mol. The van der Waals surface area contributed by atoms with Crippen LogP contribution in [0.3, 0.4) is 0 Å². The van der Waals surface area contributed by atoms with Crippen LogP contribution in [0.4, 0.5) is 5.69 Å². The van der Waals surface area contributed by atoms with Crippen molar-refractivity contribution in [1.82, 2.24) is 5.43 Å². The van der Waals surface area contributed by atoms with Gasteiger partial charge in [-0.25, -0.2) is 10.3 Å². The third kappa shape index (κ3) is 3.29. The third-order valence-corrected chi connectivity index (χ3v) is 8.83. The van der Waals surface area contributed by atoms with Crippen LogP contribution in [0.1, 0.15) is 38.5 Å². The Morgan fingerprint density at radius 1 is 0.875 bits per heavy atom. The summed E-state index contributed by atoms with van der Waals surface area (Å²) in [5, 5.41) is 14.6. The highest BCUT2D eigenvalue weighted by molar-refractivity contribution is 9.10. The number of rotatable bonds is 4. The molecule has 2 bridgehead atoms. The van der Waals surface area contributed by atoms with E-state index in [1.165, 1.54) is 17.0 Å². The second-order valence-corrected chi connectivity index (χ2v) is 11.1. The second-order valence-electron chi connectivity index (χ2n) is 10.2. The number of halogens is 1. The van der Waals surface area contributed by atoms with Crippen molar-refractivity contribution < 1.29 is 19.5 Å². The zero-order valence-corrected chi connectivity index (χ0v) is 22.6. The smallest absolute Gasteiger partial charge is 0.275 e. The van der Waals surface area contributed by atoms with Crippen LogP contribution in [-0.2, 0) is 15.0 Å². The van der Waals surface area contributed by atoms with Crippen molar-refractivity contribution in [3.05, 3.63) is 129 Å². The molecule has 3 aliphatic carbocycles. The first-order chi connectivity index (χ1) is 19.4. The lowest BCUT2D eigenvalue weighted by Gasteiger charge is -2.52. The van der Waals surface area contributed by atoms with Gasteiger partial charge in [-0.05, 0) is 52.6 Å². The number of nitrogens with zero attached hydrogens (tertiary/aromatic N) is 2. The summed E-state index contributed by atoms with van der Waals surface area (Å²) in [4.78, 5) is 42.7. The molecule has 4 aromatic carbocycles. The SMILES string of the molecule is O=C(N/N=C/C12c3ccccc3C(c3ccccc31)[C@@H]1C(=O)N(c3ccccc3)C(=O)[C@H]12)c1cc(Br)ccc1O. The molecule has 8 heteroatoms. The van der Waals surface area contributed by atoms with Crippen LogP contribution in [0.2, 0.25) is 0 Å². The number of carbonyl (C=O) groups is 3. The van der Waals surface area contributed by atoms with Gasteiger partial charge in [-0.1, -0.05) is 82.7 Å². The van der Waals surface area contributed by atoms with Crippen LogP contribution in [0.25, 0.3) is 0 Å². The van der Waals surface area contributed by atoms with Gasteiger partial charge < -0.3 is 5.11 Å². The average Bonchev–Trinajstić information content (AvgIpc) is 3.25. The molecular formula is C32H22BrN3O4. The molecule has 4 aliphatic rings. The Bertz CT molecular complexity index is 1700. The van der Waals surface area contributed by atoms with Gasteiger partial charge in [-0.3, -0.25) is 14.4 Å². The fraction of sp³-hybridized carbons (Fsp3) is 0.125. The number of aromatic hydroxyl groups is 1. The Hall–Kier alpha value is -4.56. The molecule has 1 heterocycles. The standard InChI is InChI=1S/C32H22BrN3O4/c33-18-14-15-25(37)22(16-18)29(38)35-34-17-32-23-12-6-4-10-20(23)26(21-11-5-7-13-24(21)32)27-28(32)31(40)36(30(27)39)19-8-2-1-3-9-19/h1-17,26-28,37H,(H,35,38)/b34-17+/t26?,27-,28-,32?/m0/s1. The lowest BCUT2D eigenvalue weighted by Crippen LogP contribution is -2.54. The number of amides is 3. The number of hydrogen-bond acceptors (Lipinski definition) is 5. The Labute approximate surface area is 238 Å². The molecule has 0 saturated carbocycles. The molecule has 1 fully saturated rings. The molecule has 0 radical (unpaired) electrons. The molecule has 8 rings (SSSR count). The zero-order valence-electron chi connectivity index (χ0n) is 21.0. The van der Waals surface area contributed by atoms with Crippen LogP contribution in [-0.4, -0.2) is 29.0 Å². The van der Waals surface area contributed by atoms with E-state index >= 15 is 0 Å². The maximum atomic E-state index is 14.3. The highest BCUT2D eigenvalue weighted by Gasteiger charge is 2.68. The minimum Gasteiger partial charge on any atom is -0.507 e. The van der Waals surface area contributed by atoms with Crippen molar-refractivity contribution in [2.45, 2.75) is 11.3 Å². The summed E-state index contributed by atoms with van der Waals surface area (Å²) in [7, 11) is 0. The minimum atomic E-state index is -1.10. The highest BCUT2D eigenvalue weighted by atomic mass is 79.9. The zero-order chi connectivity index (χ0) is 27.6. The number of phenols is 1. The first kappa shape index (κ1) is 24.5. The quantitative estimate of drug-likeness (QED) is 0.195. The van der Waals surface area contributed by atoms with Crippen LogP contribution < -0.4 is 10.3 Å². The van der Waals surface area contributed by atoms with E-state index in [1.807, 2.05) is 54.6 Å². The third-order valence-electron chi connectivity index (χ3n) is 8.34. The van der Waals surface area contributed by atoms with Gasteiger partial charge in [0.15, 0.2) is 0 Å². The second kappa shape index (κ2) is 8.99. The summed E-state index contributed by atoms with van der Waals surface area (Å²) in [6, 6.07) is 29.2. The monoisotopic (exact) mass is 591 g/mol. The molecule has 7 nitrogen and oxygen atoms in total. The predicted octanol–water partition coefficient (Wildman–Crippen LogP) is 5.12. The van der Waals surface area contributed by atoms with Crippen LogP contribution in [0.15, 0.2) is 107 Å². The molecule has 0 spiro atoms. The average molecular weight is 592 g/mol. The van der Waals surface area contributed by atoms with Crippen molar-refractivity contribution in [2.24, 2.45) is 16.9 Å². The molecule has 4 aromatic rings. The van der Waals surface area contributed by atoms with Crippen molar-refractivity contribution in [3.63, 3.8) is 0 Å². The fourth-order valence-corrected chi connectivity index (χ4v) is 7.19. The van der Waals surface area contributed by atoms with Gasteiger partial charge in [0.05, 0.1) is 28.5 Å². The molecule has 0 unspecified atom stereocenters. The van der Waals surface area contributed by atoms with E-state index in [9.17, 15) is 19.5 Å². The molecule has 3 amide bonds. The topological polar surface area (TPSA) is 99.1 Å². The molecule has 40 heavy (non-hydrogen) atoms. The fourth-order valence-electron chi connectivity index (χ4n) is 6.82. The van der Waals surface area contributed by atoms with Gasteiger partial charge >= 0.3 is 0 Å². The van der Waals surface area contributed by atoms with Gasteiger partial charge in [0.25, 0.3) is 5.91 Å². The number of imide groups is 1. The van der Waals surface area contributed by atoms with Crippen molar-refractivity contribution in [1.29, 1.82) is 0 Å². The van der Waals surface area contributed by atoms with Crippen molar-refractivity contribution in [3.8, 4) is 5.75 Å². The lowest BCUT2D eigenvalue weighted by atomic mass is 9.47. The number of benzene rings is 4. The molecule has 1 aliphatic heterocycles. The first-order valence-electron chi connectivity index (χ1n) is 12.9. The summed E-state index contributed by atoms with van der Waals surface area (Å²) in [5.74, 6) is -2.99. The number of phenolic OH excluding ortho intramolecular Hbond substituents is 1. The van der Waals surface area contributed by atoms with Gasteiger partial charge in [0.1, 0.15) is 5.75 Å². The van der Waals surface area contributed by atoms with E-state index in [0.717, 1.165) is 22.3 Å². The van der Waals surface area contributed by atoms with Gasteiger partial charge in [0, 0.05) is 16.6 Å². The number of hydrazone groups is 1. The van der Waals surface area contributed by atoms with E-state index < -0.39 is 23.2 Å². The number of para-hydroxylation sites is 1. The lowest BCUT2D eigenvalue weighted by molar-refractivity contribution is -0.122.